The summed E-state index contributed by atoms with van der Waals surface area (Å²) in [6, 6.07) is 45.3. The summed E-state index contributed by atoms with van der Waals surface area (Å²) in [5.74, 6) is 1.43. The Morgan fingerprint density at radius 2 is 0.906 bits per heavy atom. The molecule has 0 aromatic heterocycles. The zero-order valence-electron chi connectivity index (χ0n) is 38.1. The van der Waals surface area contributed by atoms with Gasteiger partial charge in [-0.15, -0.1) is 0 Å². The van der Waals surface area contributed by atoms with Crippen molar-refractivity contribution in [2.45, 2.75) is 159 Å². The van der Waals surface area contributed by atoms with Crippen molar-refractivity contribution in [1.82, 2.24) is 0 Å². The fourth-order valence-corrected chi connectivity index (χ4v) is 12.6. The number of carbonyl (C=O) groups excluding carboxylic acids is 2. The van der Waals surface area contributed by atoms with Crippen molar-refractivity contribution in [2.24, 2.45) is 5.92 Å². The van der Waals surface area contributed by atoms with Crippen LogP contribution in [0.1, 0.15) is 165 Å². The van der Waals surface area contributed by atoms with E-state index in [0.29, 0.717) is 28.2 Å². The van der Waals surface area contributed by atoms with Crippen molar-refractivity contribution in [3.05, 3.63) is 166 Å². The lowest BCUT2D eigenvalue weighted by molar-refractivity contribution is 0.0972. The van der Waals surface area contributed by atoms with E-state index in [9.17, 15) is 4.79 Å². The summed E-state index contributed by atoms with van der Waals surface area (Å²) in [6.07, 6.45) is 20.1. The second-order valence-electron chi connectivity index (χ2n) is 18.0. The summed E-state index contributed by atoms with van der Waals surface area (Å²) in [7, 11) is 0. The van der Waals surface area contributed by atoms with Crippen molar-refractivity contribution in [3.8, 4) is 11.1 Å². The predicted octanol–water partition coefficient (Wildman–Crippen LogP) is 17.9. The molecule has 0 aliphatic heterocycles. The zero-order valence-corrected chi connectivity index (χ0v) is 40.6. The normalized spacial score (nSPS) is 15.9. The SMILES string of the molecule is CCCCCCc1ccc(Sc2cccc3c2C(=O)c2c(Sc4ccc(CCCCCC)cc4)ccc(Sc4ccc(-c5ccc(C6CCC(CCC)CC6)cc5)cc4)c2C3=O)cc1. The van der Waals surface area contributed by atoms with Gasteiger partial charge in [-0.3, -0.25) is 9.59 Å². The van der Waals surface area contributed by atoms with Gasteiger partial charge in [0.2, 0.25) is 0 Å². The molecule has 1 saturated carbocycles. The van der Waals surface area contributed by atoms with Gasteiger partial charge in [0.05, 0.1) is 0 Å². The monoisotopic (exact) mass is 900 g/mol. The molecule has 8 rings (SSSR count). The molecule has 5 heteroatoms. The van der Waals surface area contributed by atoms with Gasteiger partial charge >= 0.3 is 0 Å². The van der Waals surface area contributed by atoms with E-state index in [1.807, 2.05) is 18.2 Å². The van der Waals surface area contributed by atoms with Gasteiger partial charge in [-0.05, 0) is 146 Å². The summed E-state index contributed by atoms with van der Waals surface area (Å²) >= 11 is 4.72. The highest BCUT2D eigenvalue weighted by molar-refractivity contribution is 8.00. The molecule has 6 aromatic carbocycles. The summed E-state index contributed by atoms with van der Waals surface area (Å²) < 4.78 is 0. The average Bonchev–Trinajstić information content (AvgIpc) is 3.33. The molecular formula is C59H64O2S3. The minimum atomic E-state index is -0.0857. The number of unbranched alkanes of at least 4 members (excludes halogenated alkanes) is 6. The van der Waals surface area contributed by atoms with Crippen molar-refractivity contribution in [1.29, 1.82) is 0 Å². The van der Waals surface area contributed by atoms with E-state index < -0.39 is 0 Å². The summed E-state index contributed by atoms with van der Waals surface area (Å²) in [5, 5.41) is 0. The van der Waals surface area contributed by atoms with Crippen LogP contribution in [0.2, 0.25) is 0 Å². The van der Waals surface area contributed by atoms with Gasteiger partial charge in [-0.25, -0.2) is 0 Å². The summed E-state index contributed by atoms with van der Waals surface area (Å²) in [6.45, 7) is 6.80. The molecule has 330 valence electrons. The number of fused-ring (bicyclic) bond motifs is 2. The Morgan fingerprint density at radius 1 is 0.438 bits per heavy atom. The maximum atomic E-state index is 15.1. The molecule has 2 nitrogen and oxygen atoms in total. The molecule has 0 atom stereocenters. The topological polar surface area (TPSA) is 34.1 Å². The lowest BCUT2D eigenvalue weighted by Gasteiger charge is -2.28. The molecular weight excluding hydrogens is 837 g/mol. The van der Waals surface area contributed by atoms with Gasteiger partial charge in [0.1, 0.15) is 0 Å². The predicted molar refractivity (Wildman–Crippen MR) is 272 cm³/mol. The maximum absolute atomic E-state index is 15.1. The van der Waals surface area contributed by atoms with Crippen molar-refractivity contribution in [2.75, 3.05) is 0 Å². The first-order chi connectivity index (χ1) is 31.4. The van der Waals surface area contributed by atoms with Crippen molar-refractivity contribution >= 4 is 46.9 Å². The van der Waals surface area contributed by atoms with E-state index in [-0.39, 0.29) is 11.6 Å². The third-order valence-corrected chi connectivity index (χ3v) is 16.6. The molecule has 0 amide bonds. The van der Waals surface area contributed by atoms with Gasteiger partial charge < -0.3 is 0 Å². The second kappa shape index (κ2) is 22.7. The Labute approximate surface area is 396 Å². The van der Waals surface area contributed by atoms with E-state index in [1.54, 1.807) is 35.3 Å². The molecule has 0 bridgehead atoms. The number of rotatable bonds is 20. The van der Waals surface area contributed by atoms with Gasteiger partial charge in [0.25, 0.3) is 0 Å². The van der Waals surface area contributed by atoms with Crippen LogP contribution in [0.3, 0.4) is 0 Å². The molecule has 0 heterocycles. The van der Waals surface area contributed by atoms with E-state index in [1.165, 1.54) is 118 Å². The third-order valence-electron chi connectivity index (χ3n) is 13.4. The Hall–Kier alpha value is -4.29. The third kappa shape index (κ3) is 11.4. The van der Waals surface area contributed by atoms with Crippen LogP contribution in [0.15, 0.2) is 157 Å². The first-order valence-electron chi connectivity index (χ1n) is 24.2. The largest absolute Gasteiger partial charge is 0.289 e. The molecule has 2 aliphatic rings. The van der Waals surface area contributed by atoms with Crippen LogP contribution in [-0.2, 0) is 12.8 Å². The minimum absolute atomic E-state index is 0.0782. The van der Waals surface area contributed by atoms with Gasteiger partial charge in [0.15, 0.2) is 11.6 Å². The molecule has 2 aliphatic carbocycles. The highest BCUT2D eigenvalue weighted by Gasteiger charge is 2.36. The number of ketones is 2. The van der Waals surface area contributed by atoms with Gasteiger partial charge in [0, 0.05) is 51.6 Å². The molecule has 0 saturated heterocycles. The van der Waals surface area contributed by atoms with Crippen LogP contribution >= 0.6 is 35.3 Å². The fraction of sp³-hybridized carbons (Fsp3) is 0.356. The maximum Gasteiger partial charge on any atom is 0.196 e. The first-order valence-corrected chi connectivity index (χ1v) is 26.7. The molecule has 6 aromatic rings. The van der Waals surface area contributed by atoms with Crippen LogP contribution in [0.5, 0.6) is 0 Å². The lowest BCUT2D eigenvalue weighted by Crippen LogP contribution is -2.23. The summed E-state index contributed by atoms with van der Waals surface area (Å²) in [4.78, 5) is 35.6. The first kappa shape index (κ1) is 46.2. The van der Waals surface area contributed by atoms with Crippen LogP contribution in [-0.4, -0.2) is 11.6 Å². The number of benzene rings is 6. The minimum Gasteiger partial charge on any atom is -0.289 e. The molecule has 0 unspecified atom stereocenters. The Bertz CT molecular complexity index is 2480. The molecule has 0 N–H and O–H groups in total. The van der Waals surface area contributed by atoms with Crippen molar-refractivity contribution < 1.29 is 9.59 Å². The van der Waals surface area contributed by atoms with Crippen LogP contribution in [0.4, 0.5) is 0 Å². The Balaban J connectivity index is 1.05. The molecule has 64 heavy (non-hydrogen) atoms. The highest BCUT2D eigenvalue weighted by Crippen LogP contribution is 2.46. The zero-order chi connectivity index (χ0) is 44.3. The number of hydrogen-bond acceptors (Lipinski definition) is 5. The van der Waals surface area contributed by atoms with E-state index in [4.69, 9.17) is 0 Å². The van der Waals surface area contributed by atoms with Gasteiger partial charge in [-0.1, -0.05) is 180 Å². The second-order valence-corrected chi connectivity index (χ2v) is 21.4. The number of aryl methyl sites for hydroxylation is 2. The quantitative estimate of drug-likeness (QED) is 0.0712. The molecule has 0 spiro atoms. The standard InChI is InChI=1S/C59H64O2S3/c1-4-7-9-11-15-42-21-33-48(34-22-42)62-52-18-13-17-51-55(52)59(61)57-54(63-49-35-23-43(24-36-49)16-12-10-8-5-2)40-39-53(56(57)58(51)60)64-50-37-31-47(32-38-50)46-29-27-45(28-30-46)44-25-19-41(14-6-3)20-26-44/h13,17-18,21-24,27-41,44H,4-12,14-16,19-20,25-26H2,1-3H3. The number of hydrogen-bond donors (Lipinski definition) is 0. The van der Waals surface area contributed by atoms with E-state index in [2.05, 4.69) is 130 Å². The van der Waals surface area contributed by atoms with Crippen LogP contribution < -0.4 is 0 Å². The fourth-order valence-electron chi connectivity index (χ4n) is 9.68. The average molecular weight is 901 g/mol. The van der Waals surface area contributed by atoms with E-state index >= 15 is 4.79 Å². The highest BCUT2D eigenvalue weighted by atomic mass is 32.2. The van der Waals surface area contributed by atoms with E-state index in [0.717, 1.165) is 48.1 Å². The lowest BCUT2D eigenvalue weighted by atomic mass is 9.77. The molecule has 0 radical (unpaired) electrons. The van der Waals surface area contributed by atoms with Crippen molar-refractivity contribution in [3.63, 3.8) is 0 Å². The Morgan fingerprint density at radius 3 is 1.41 bits per heavy atom. The van der Waals surface area contributed by atoms with Crippen LogP contribution in [0, 0.1) is 5.92 Å². The van der Waals surface area contributed by atoms with Gasteiger partial charge in [-0.2, -0.15) is 0 Å². The smallest absolute Gasteiger partial charge is 0.196 e. The molecule has 1 fully saturated rings. The Kier molecular flexibility index (Phi) is 16.4. The number of carbonyl (C=O) groups is 2. The summed E-state index contributed by atoms with van der Waals surface area (Å²) in [5.41, 5.74) is 8.57. The van der Waals surface area contributed by atoms with Crippen LogP contribution in [0.25, 0.3) is 11.1 Å².